The number of aliphatic hydroxyl groups is 1. The number of H-pyrrole nitrogens is 1. The first kappa shape index (κ1) is 28.5. The van der Waals surface area contributed by atoms with Gasteiger partial charge in [0.15, 0.2) is 0 Å². The van der Waals surface area contributed by atoms with Crippen molar-refractivity contribution in [2.75, 3.05) is 6.61 Å². The highest BCUT2D eigenvalue weighted by Gasteiger charge is 2.44. The summed E-state index contributed by atoms with van der Waals surface area (Å²) in [4.78, 5) is 38.4. The van der Waals surface area contributed by atoms with Crippen molar-refractivity contribution in [3.05, 3.63) is 99.3 Å². The molecule has 0 bridgehead atoms. The minimum Gasteiger partial charge on any atom is -0.460 e. The van der Waals surface area contributed by atoms with E-state index in [9.17, 15) is 24.1 Å². The second kappa shape index (κ2) is 12.5. The molecule has 1 saturated heterocycles. The monoisotopic (exact) mass is 559 g/mol. The number of nitrogens with zero attached hydrogens (tertiary/aromatic N) is 1. The van der Waals surface area contributed by atoms with Crippen LogP contribution in [0.15, 0.2) is 82.5 Å². The molecule has 2 aromatic carbocycles. The number of benzene rings is 2. The van der Waals surface area contributed by atoms with Gasteiger partial charge in [0.2, 0.25) is 0 Å². The Morgan fingerprint density at radius 2 is 1.79 bits per heavy atom. The Bertz CT molecular complexity index is 1410. The molecule has 13 heteroatoms. The van der Waals surface area contributed by atoms with E-state index in [0.29, 0.717) is 0 Å². The van der Waals surface area contributed by atoms with Gasteiger partial charge in [-0.1, -0.05) is 55.5 Å². The van der Waals surface area contributed by atoms with Gasteiger partial charge in [0.05, 0.1) is 12.7 Å². The molecule has 0 saturated carbocycles. The van der Waals surface area contributed by atoms with Gasteiger partial charge in [0.1, 0.15) is 30.7 Å². The lowest BCUT2D eigenvalue weighted by Crippen LogP contribution is -2.36. The summed E-state index contributed by atoms with van der Waals surface area (Å²) in [6, 6.07) is 17.4. The lowest BCUT2D eigenvalue weighted by molar-refractivity contribution is -0.146. The summed E-state index contributed by atoms with van der Waals surface area (Å²) >= 11 is 0. The number of hydrogen-bond acceptors (Lipinski definition) is 9. The summed E-state index contributed by atoms with van der Waals surface area (Å²) < 4.78 is 37.4. The molecule has 3 aromatic rings. The number of hydrogen-bond donors (Lipinski definition) is 3. The molecule has 1 aliphatic heterocycles. The molecule has 1 aliphatic rings. The molecule has 3 N–H and O–H groups in total. The fraction of sp³-hybridized carbons (Fsp3) is 0.346. The van der Waals surface area contributed by atoms with Crippen LogP contribution in [-0.2, 0) is 30.0 Å². The van der Waals surface area contributed by atoms with Crippen molar-refractivity contribution >= 4 is 13.7 Å². The second-order valence-corrected chi connectivity index (χ2v) is 10.8. The van der Waals surface area contributed by atoms with Crippen LogP contribution in [-0.4, -0.2) is 45.5 Å². The first-order chi connectivity index (χ1) is 18.6. The first-order valence-corrected chi connectivity index (χ1v) is 13.8. The molecular weight excluding hydrogens is 529 g/mol. The van der Waals surface area contributed by atoms with E-state index in [-0.39, 0.29) is 12.4 Å². The minimum atomic E-state index is -4.21. The molecule has 2 heterocycles. The Morgan fingerprint density at radius 1 is 1.13 bits per heavy atom. The van der Waals surface area contributed by atoms with Crippen LogP contribution in [0, 0.1) is 5.92 Å². The predicted octanol–water partition coefficient (Wildman–Crippen LogP) is 2.36. The van der Waals surface area contributed by atoms with Crippen molar-refractivity contribution < 1.29 is 33.0 Å². The highest BCUT2D eigenvalue weighted by atomic mass is 31.2. The van der Waals surface area contributed by atoms with E-state index in [1.54, 1.807) is 49.4 Å². The third kappa shape index (κ3) is 7.31. The molecule has 0 aliphatic carbocycles. The van der Waals surface area contributed by atoms with Gasteiger partial charge >= 0.3 is 19.4 Å². The van der Waals surface area contributed by atoms with Crippen LogP contribution in [0.1, 0.15) is 25.6 Å². The lowest BCUT2D eigenvalue weighted by Gasteiger charge is -2.24. The number of esters is 1. The highest BCUT2D eigenvalue weighted by Crippen LogP contribution is 2.46. The van der Waals surface area contributed by atoms with Crippen molar-refractivity contribution in [3.63, 3.8) is 0 Å². The van der Waals surface area contributed by atoms with Crippen LogP contribution in [0.3, 0.4) is 0 Å². The van der Waals surface area contributed by atoms with Crippen LogP contribution in [0.5, 0.6) is 5.75 Å². The predicted molar refractivity (Wildman–Crippen MR) is 140 cm³/mol. The molecule has 39 heavy (non-hydrogen) atoms. The first-order valence-electron chi connectivity index (χ1n) is 12.3. The zero-order valence-electron chi connectivity index (χ0n) is 21.3. The summed E-state index contributed by atoms with van der Waals surface area (Å²) in [5.41, 5.74) is -0.477. The number of aromatic nitrogens is 2. The Labute approximate surface area is 224 Å². The molecule has 208 valence electrons. The van der Waals surface area contributed by atoms with Crippen LogP contribution in [0.2, 0.25) is 0 Å². The number of carbonyl (C=O) groups excluding carboxylic acids is 1. The largest absolute Gasteiger partial charge is 0.460 e. The fourth-order valence-corrected chi connectivity index (χ4v) is 5.50. The van der Waals surface area contributed by atoms with Crippen LogP contribution in [0.4, 0.5) is 0 Å². The second-order valence-electron chi connectivity index (χ2n) is 9.07. The number of aliphatic hydroxyl groups excluding tert-OH is 1. The van der Waals surface area contributed by atoms with Crippen LogP contribution < -0.4 is 20.9 Å². The van der Waals surface area contributed by atoms with Gasteiger partial charge in [-0.15, -0.1) is 0 Å². The van der Waals surface area contributed by atoms with Gasteiger partial charge in [-0.25, -0.2) is 9.36 Å². The highest BCUT2D eigenvalue weighted by molar-refractivity contribution is 7.52. The van der Waals surface area contributed by atoms with Gasteiger partial charge in [-0.05, 0) is 24.6 Å². The van der Waals surface area contributed by atoms with E-state index in [1.807, 2.05) is 18.2 Å². The third-order valence-corrected chi connectivity index (χ3v) is 7.76. The molecule has 0 amide bonds. The molecule has 4 rings (SSSR count). The smallest absolute Gasteiger partial charge is 0.459 e. The maximum atomic E-state index is 13.8. The molecule has 1 unspecified atom stereocenters. The van der Waals surface area contributed by atoms with Gasteiger partial charge in [0.25, 0.3) is 5.56 Å². The molecular formula is C26H30N3O9P. The number of nitrogens with one attached hydrogen (secondary N) is 2. The van der Waals surface area contributed by atoms with Gasteiger partial charge in [-0.2, -0.15) is 5.09 Å². The van der Waals surface area contributed by atoms with Gasteiger partial charge in [0, 0.05) is 18.2 Å². The zero-order chi connectivity index (χ0) is 28.0. The lowest BCUT2D eigenvalue weighted by atomic mass is 10.0. The maximum absolute atomic E-state index is 13.8. The van der Waals surface area contributed by atoms with Gasteiger partial charge < -0.3 is 19.1 Å². The molecule has 1 fully saturated rings. The Kier molecular flexibility index (Phi) is 9.16. The summed E-state index contributed by atoms with van der Waals surface area (Å²) in [5, 5.41) is 13.3. The number of aromatic amines is 1. The normalized spacial score (nSPS) is 23.1. The van der Waals surface area contributed by atoms with Crippen molar-refractivity contribution in [3.8, 4) is 5.75 Å². The van der Waals surface area contributed by atoms with Crippen LogP contribution in [0.25, 0.3) is 0 Å². The topological polar surface area (TPSA) is 158 Å². The number of ether oxygens (including phenoxy) is 2. The number of rotatable bonds is 11. The van der Waals surface area contributed by atoms with E-state index >= 15 is 0 Å². The maximum Gasteiger partial charge on any atom is 0.459 e. The average molecular weight is 560 g/mol. The quantitative estimate of drug-likeness (QED) is 0.235. The van der Waals surface area contributed by atoms with E-state index in [4.69, 9.17) is 18.5 Å². The summed E-state index contributed by atoms with van der Waals surface area (Å²) in [6.07, 6.45) is -1.75. The van der Waals surface area contributed by atoms with Crippen molar-refractivity contribution in [1.29, 1.82) is 0 Å². The average Bonchev–Trinajstić information content (AvgIpc) is 3.20. The molecule has 0 spiro atoms. The third-order valence-electron chi connectivity index (χ3n) is 6.12. The SMILES string of the molecule is C[C@H]1[C@H](O)[C@@H](COP(=O)(N[C@H](C)C(=O)OCc2ccccc2)Oc2ccccc2)O[C@H]1n1ccc(=O)[nH]c1=O. The van der Waals surface area contributed by atoms with E-state index in [0.717, 1.165) is 16.2 Å². The van der Waals surface area contributed by atoms with E-state index in [2.05, 4.69) is 10.1 Å². The minimum absolute atomic E-state index is 0.0297. The Morgan fingerprint density at radius 3 is 2.46 bits per heavy atom. The zero-order valence-corrected chi connectivity index (χ0v) is 22.2. The fourth-order valence-electron chi connectivity index (χ4n) is 4.00. The van der Waals surface area contributed by atoms with Crippen molar-refractivity contribution in [1.82, 2.24) is 14.6 Å². The standard InChI is InChI=1S/C26H30N3O9P/c1-17-23(31)21(37-24(17)29-14-13-22(30)27-26(29)33)16-36-39(34,38-20-11-7-4-8-12-20)28-18(2)25(32)35-15-19-9-5-3-6-10-19/h3-14,17-18,21,23-24,31H,15-16H2,1-2H3,(H,28,34)(H,27,30,33)/t17-,18+,21+,23-,24+,39?/m0/s1. The summed E-state index contributed by atoms with van der Waals surface area (Å²) in [6.45, 7) is 2.75. The number of para-hydroxylation sites is 1. The summed E-state index contributed by atoms with van der Waals surface area (Å²) in [7, 11) is -4.21. The van der Waals surface area contributed by atoms with Crippen molar-refractivity contribution in [2.45, 2.75) is 44.9 Å². The Balaban J connectivity index is 1.45. The summed E-state index contributed by atoms with van der Waals surface area (Å²) in [5.74, 6) is -1.03. The van der Waals surface area contributed by atoms with Gasteiger partial charge in [-0.3, -0.25) is 23.7 Å². The molecule has 12 nitrogen and oxygen atoms in total. The molecule has 0 radical (unpaired) electrons. The number of carbonyl (C=O) groups is 1. The Hall–Kier alpha value is -3.54. The van der Waals surface area contributed by atoms with Crippen molar-refractivity contribution in [2.24, 2.45) is 5.92 Å². The molecule has 1 aromatic heterocycles. The molecule has 6 atom stereocenters. The van der Waals surface area contributed by atoms with E-state index in [1.165, 1.54) is 13.1 Å². The van der Waals surface area contributed by atoms with Crippen LogP contribution >= 0.6 is 7.75 Å². The van der Waals surface area contributed by atoms with E-state index < -0.39 is 62.0 Å².